The van der Waals surface area contributed by atoms with Gasteiger partial charge in [0, 0.05) is 45.2 Å². The minimum Gasteiger partial charge on any atom is -0.369 e. The van der Waals surface area contributed by atoms with Crippen LogP contribution in [0.25, 0.3) is 0 Å². The van der Waals surface area contributed by atoms with Crippen LogP contribution in [-0.4, -0.2) is 63.0 Å². The summed E-state index contributed by atoms with van der Waals surface area (Å²) in [5, 5.41) is 3.09. The maximum absolute atomic E-state index is 12.9. The van der Waals surface area contributed by atoms with E-state index in [2.05, 4.69) is 52.4 Å². The van der Waals surface area contributed by atoms with E-state index in [0.717, 1.165) is 69.3 Å². The molecule has 0 atom stereocenters. The van der Waals surface area contributed by atoms with E-state index in [0.29, 0.717) is 18.5 Å². The summed E-state index contributed by atoms with van der Waals surface area (Å²) in [7, 11) is 1.81. The number of unbranched alkanes of at least 4 members (excludes halogenated alkanes) is 1. The molecular weight excluding hydrogens is 436 g/mol. The molecule has 4 rings (SSSR count). The van der Waals surface area contributed by atoms with Crippen LogP contribution in [-0.2, 0) is 11.2 Å². The quantitative estimate of drug-likeness (QED) is 0.585. The molecule has 1 fully saturated rings. The highest BCUT2D eigenvalue weighted by Crippen LogP contribution is 2.33. The molecule has 1 N–H and O–H groups in total. The lowest BCUT2D eigenvalue weighted by molar-refractivity contribution is -0.118. The predicted octanol–water partition coefficient (Wildman–Crippen LogP) is 4.34. The molecule has 6 heteroatoms. The van der Waals surface area contributed by atoms with E-state index in [4.69, 9.17) is 0 Å². The van der Waals surface area contributed by atoms with Crippen LogP contribution in [0.15, 0.2) is 48.5 Å². The Morgan fingerprint density at radius 1 is 1.00 bits per heavy atom. The van der Waals surface area contributed by atoms with Crippen LogP contribution < -0.4 is 15.1 Å². The smallest absolute Gasteiger partial charge is 0.251 e. The second-order valence-electron chi connectivity index (χ2n) is 9.98. The monoisotopic (exact) mass is 476 g/mol. The molecule has 2 aromatic carbocycles. The van der Waals surface area contributed by atoms with Crippen LogP contribution in [0, 0.1) is 5.92 Å². The number of likely N-dealkylation sites (tertiary alicyclic amines) is 1. The van der Waals surface area contributed by atoms with Gasteiger partial charge in [-0.05, 0) is 68.5 Å². The number of rotatable bonds is 9. The molecule has 0 saturated carbocycles. The molecule has 2 aliphatic rings. The predicted molar refractivity (Wildman–Crippen MR) is 143 cm³/mol. The minimum absolute atomic E-state index is 0.0723. The first kappa shape index (κ1) is 25.2. The van der Waals surface area contributed by atoms with Gasteiger partial charge in [-0.2, -0.15) is 0 Å². The number of benzene rings is 2. The number of hydrogen-bond acceptors (Lipinski definition) is 4. The van der Waals surface area contributed by atoms with Crippen molar-refractivity contribution in [2.75, 3.05) is 56.1 Å². The Balaban J connectivity index is 1.28. The molecule has 188 valence electrons. The van der Waals surface area contributed by atoms with Crippen molar-refractivity contribution in [3.63, 3.8) is 0 Å². The molecule has 0 aromatic heterocycles. The zero-order chi connectivity index (χ0) is 24.6. The summed E-state index contributed by atoms with van der Waals surface area (Å²) >= 11 is 0. The summed E-state index contributed by atoms with van der Waals surface area (Å²) in [6.07, 6.45) is 6.28. The van der Waals surface area contributed by atoms with Gasteiger partial charge in [-0.15, -0.1) is 0 Å². The van der Waals surface area contributed by atoms with Crippen LogP contribution in [0.4, 0.5) is 11.4 Å². The molecule has 1 saturated heterocycles. The van der Waals surface area contributed by atoms with Gasteiger partial charge < -0.3 is 20.0 Å². The fraction of sp³-hybridized carbons (Fsp3) is 0.517. The summed E-state index contributed by atoms with van der Waals surface area (Å²) in [6, 6.07) is 16.5. The number of carbonyl (C=O) groups is 2. The Morgan fingerprint density at radius 2 is 1.77 bits per heavy atom. The van der Waals surface area contributed by atoms with Crippen molar-refractivity contribution in [3.8, 4) is 0 Å². The summed E-state index contributed by atoms with van der Waals surface area (Å²) in [6.45, 7) is 7.52. The Bertz CT molecular complexity index is 985. The molecule has 0 radical (unpaired) electrons. The first-order valence-electron chi connectivity index (χ1n) is 13.2. The number of piperidine rings is 1. The van der Waals surface area contributed by atoms with Crippen LogP contribution >= 0.6 is 0 Å². The second-order valence-corrected chi connectivity index (χ2v) is 9.98. The first-order valence-corrected chi connectivity index (χ1v) is 13.2. The molecule has 2 heterocycles. The highest BCUT2D eigenvalue weighted by atomic mass is 16.2. The molecule has 0 bridgehead atoms. The van der Waals surface area contributed by atoms with E-state index in [1.807, 2.05) is 25.2 Å². The highest BCUT2D eigenvalue weighted by Gasteiger charge is 2.25. The molecule has 6 nitrogen and oxygen atoms in total. The van der Waals surface area contributed by atoms with Gasteiger partial charge in [0.05, 0.1) is 11.4 Å². The zero-order valence-corrected chi connectivity index (χ0v) is 21.3. The standard InChI is InChI=1S/C29H40N4O2/c1-3-4-16-33-19-14-28(34)31(2)27-22-25(10-11-26(27)33)29(35)30-15-20-32-17-12-24(13-18-32)21-23-8-6-5-7-9-23/h5-11,22,24H,3-4,12-21H2,1-2H3,(H,30,35). The molecule has 0 unspecified atom stereocenters. The molecule has 2 aliphatic heterocycles. The number of amides is 2. The third-order valence-corrected chi connectivity index (χ3v) is 7.48. The van der Waals surface area contributed by atoms with E-state index >= 15 is 0 Å². The van der Waals surface area contributed by atoms with E-state index < -0.39 is 0 Å². The van der Waals surface area contributed by atoms with Crippen LogP contribution in [0.1, 0.15) is 54.9 Å². The van der Waals surface area contributed by atoms with Gasteiger partial charge in [0.15, 0.2) is 0 Å². The third kappa shape index (κ3) is 6.63. The molecule has 35 heavy (non-hydrogen) atoms. The van der Waals surface area contributed by atoms with Crippen LogP contribution in [0.3, 0.4) is 0 Å². The maximum Gasteiger partial charge on any atom is 0.251 e. The average Bonchev–Trinajstić information content (AvgIpc) is 3.00. The summed E-state index contributed by atoms with van der Waals surface area (Å²) in [5.74, 6) is 0.773. The number of nitrogens with zero attached hydrogens (tertiary/aromatic N) is 3. The lowest BCUT2D eigenvalue weighted by Gasteiger charge is -2.32. The number of nitrogens with one attached hydrogen (secondary N) is 1. The Kier molecular flexibility index (Phi) is 8.80. The lowest BCUT2D eigenvalue weighted by Crippen LogP contribution is -2.40. The van der Waals surface area contributed by atoms with Gasteiger partial charge in [0.1, 0.15) is 0 Å². The molecule has 2 amide bonds. The summed E-state index contributed by atoms with van der Waals surface area (Å²) < 4.78 is 0. The first-order chi connectivity index (χ1) is 17.0. The Labute approximate surface area is 210 Å². The number of hydrogen-bond donors (Lipinski definition) is 1. The van der Waals surface area contributed by atoms with Crippen molar-refractivity contribution < 1.29 is 9.59 Å². The number of fused-ring (bicyclic) bond motifs is 1. The second kappa shape index (κ2) is 12.2. The van der Waals surface area contributed by atoms with Crippen molar-refractivity contribution in [3.05, 3.63) is 59.7 Å². The van der Waals surface area contributed by atoms with Crippen molar-refractivity contribution >= 4 is 23.2 Å². The maximum atomic E-state index is 12.9. The van der Waals surface area contributed by atoms with Gasteiger partial charge in [-0.3, -0.25) is 9.59 Å². The highest BCUT2D eigenvalue weighted by molar-refractivity contribution is 6.02. The Morgan fingerprint density at radius 3 is 2.51 bits per heavy atom. The molecular formula is C29H40N4O2. The van der Waals surface area contributed by atoms with Gasteiger partial charge in [-0.25, -0.2) is 0 Å². The zero-order valence-electron chi connectivity index (χ0n) is 21.3. The van der Waals surface area contributed by atoms with E-state index in [1.165, 1.54) is 18.4 Å². The van der Waals surface area contributed by atoms with E-state index in [-0.39, 0.29) is 11.8 Å². The largest absolute Gasteiger partial charge is 0.369 e. The van der Waals surface area contributed by atoms with Crippen molar-refractivity contribution in [1.82, 2.24) is 10.2 Å². The number of carbonyl (C=O) groups excluding carboxylic acids is 2. The molecule has 2 aromatic rings. The third-order valence-electron chi connectivity index (χ3n) is 7.48. The van der Waals surface area contributed by atoms with Crippen molar-refractivity contribution in [2.45, 2.75) is 45.4 Å². The molecule has 0 spiro atoms. The summed E-state index contributed by atoms with van der Waals surface area (Å²) in [4.78, 5) is 31.9. The molecule has 0 aliphatic carbocycles. The van der Waals surface area contributed by atoms with Crippen LogP contribution in [0.5, 0.6) is 0 Å². The van der Waals surface area contributed by atoms with E-state index in [9.17, 15) is 9.59 Å². The van der Waals surface area contributed by atoms with Crippen molar-refractivity contribution in [2.24, 2.45) is 5.92 Å². The number of anilines is 2. The topological polar surface area (TPSA) is 55.9 Å². The van der Waals surface area contributed by atoms with Crippen molar-refractivity contribution in [1.29, 1.82) is 0 Å². The fourth-order valence-corrected chi connectivity index (χ4v) is 5.23. The van der Waals surface area contributed by atoms with E-state index in [1.54, 1.807) is 4.90 Å². The van der Waals surface area contributed by atoms with Gasteiger partial charge in [0.2, 0.25) is 5.91 Å². The Hall–Kier alpha value is -2.86. The normalized spacial score (nSPS) is 17.3. The SMILES string of the molecule is CCCCN1CCC(=O)N(C)c2cc(C(=O)NCCN3CCC(Cc4ccccc4)CC3)ccc21. The average molecular weight is 477 g/mol. The fourth-order valence-electron chi connectivity index (χ4n) is 5.23. The lowest BCUT2D eigenvalue weighted by atomic mass is 9.90. The minimum atomic E-state index is -0.0723. The van der Waals surface area contributed by atoms with Gasteiger partial charge in [0.25, 0.3) is 5.91 Å². The van der Waals surface area contributed by atoms with Gasteiger partial charge in [-0.1, -0.05) is 43.7 Å². The summed E-state index contributed by atoms with van der Waals surface area (Å²) in [5.41, 5.74) is 3.92. The van der Waals surface area contributed by atoms with Crippen LogP contribution in [0.2, 0.25) is 0 Å². The van der Waals surface area contributed by atoms with Gasteiger partial charge >= 0.3 is 0 Å².